The highest BCUT2D eigenvalue weighted by Gasteiger charge is 2.27. The molecule has 0 bridgehead atoms. The van der Waals surface area contributed by atoms with E-state index >= 15 is 0 Å². The van der Waals surface area contributed by atoms with Gasteiger partial charge in [0.15, 0.2) is 0 Å². The van der Waals surface area contributed by atoms with E-state index in [4.69, 9.17) is 4.74 Å². The van der Waals surface area contributed by atoms with Crippen LogP contribution in [0.1, 0.15) is 38.8 Å². The van der Waals surface area contributed by atoms with E-state index in [1.54, 1.807) is 12.1 Å². The highest BCUT2D eigenvalue weighted by atomic mass is 19.3. The average Bonchev–Trinajstić information content (AvgIpc) is 2.14. The van der Waals surface area contributed by atoms with Gasteiger partial charge in [-0.15, -0.1) is 0 Å². The lowest BCUT2D eigenvalue weighted by molar-refractivity contribution is 0.0171. The van der Waals surface area contributed by atoms with Gasteiger partial charge in [-0.25, -0.2) is 8.78 Å². The van der Waals surface area contributed by atoms with Crippen LogP contribution < -0.4 is 4.74 Å². The van der Waals surface area contributed by atoms with Crippen molar-refractivity contribution in [1.82, 2.24) is 0 Å². The Bertz CT molecular complexity index is 340. The molecule has 1 rings (SSSR count). The number of alkyl halides is 2. The Morgan fingerprint density at radius 3 is 1.81 bits per heavy atom. The smallest absolute Gasteiger partial charge is 0.270 e. The number of rotatable bonds is 2. The SMILES string of the molecule is COc1cc(C(C)(C)C)cc(C(C)(F)F)c1. The quantitative estimate of drug-likeness (QED) is 0.740. The predicted molar refractivity (Wildman–Crippen MR) is 61.3 cm³/mol. The van der Waals surface area contributed by atoms with Crippen LogP contribution in [0, 0.1) is 0 Å². The molecule has 0 aliphatic carbocycles. The van der Waals surface area contributed by atoms with E-state index in [0.29, 0.717) is 5.75 Å². The van der Waals surface area contributed by atoms with Gasteiger partial charge in [-0.2, -0.15) is 0 Å². The first kappa shape index (κ1) is 12.9. The Hall–Kier alpha value is -1.12. The summed E-state index contributed by atoms with van der Waals surface area (Å²) in [6, 6.07) is 4.73. The summed E-state index contributed by atoms with van der Waals surface area (Å²) in [5.41, 5.74) is 0.675. The van der Waals surface area contributed by atoms with E-state index in [1.807, 2.05) is 20.8 Å². The fraction of sp³-hybridized carbons (Fsp3) is 0.538. The number of ether oxygens (including phenoxy) is 1. The van der Waals surface area contributed by atoms with Crippen LogP contribution in [-0.2, 0) is 11.3 Å². The second kappa shape index (κ2) is 4.04. The van der Waals surface area contributed by atoms with Crippen LogP contribution in [0.25, 0.3) is 0 Å². The van der Waals surface area contributed by atoms with Crippen molar-refractivity contribution in [2.45, 2.75) is 39.0 Å². The Morgan fingerprint density at radius 1 is 0.938 bits per heavy atom. The third kappa shape index (κ3) is 2.94. The normalized spacial score (nSPS) is 12.7. The van der Waals surface area contributed by atoms with Crippen molar-refractivity contribution in [3.63, 3.8) is 0 Å². The molecule has 0 aliphatic heterocycles. The first-order valence-corrected chi connectivity index (χ1v) is 5.22. The molecule has 1 nitrogen and oxygen atoms in total. The van der Waals surface area contributed by atoms with Gasteiger partial charge in [0.1, 0.15) is 5.75 Å². The van der Waals surface area contributed by atoms with Crippen molar-refractivity contribution >= 4 is 0 Å². The van der Waals surface area contributed by atoms with E-state index in [0.717, 1.165) is 12.5 Å². The molecule has 0 fully saturated rings. The summed E-state index contributed by atoms with van der Waals surface area (Å²) >= 11 is 0. The van der Waals surface area contributed by atoms with Crippen molar-refractivity contribution in [2.24, 2.45) is 0 Å². The standard InChI is InChI=1S/C13H18F2O/c1-12(2,3)9-6-10(13(4,14)15)8-11(7-9)16-5/h6-8H,1-5H3. The maximum Gasteiger partial charge on any atom is 0.270 e. The lowest BCUT2D eigenvalue weighted by Crippen LogP contribution is -2.14. The first-order valence-electron chi connectivity index (χ1n) is 5.22. The Balaban J connectivity index is 3.33. The van der Waals surface area contributed by atoms with Crippen molar-refractivity contribution in [1.29, 1.82) is 0 Å². The molecular formula is C13H18F2O. The summed E-state index contributed by atoms with van der Waals surface area (Å²) in [5.74, 6) is -2.36. The molecule has 0 aromatic heterocycles. The molecule has 0 unspecified atom stereocenters. The molecule has 0 spiro atoms. The monoisotopic (exact) mass is 228 g/mol. The van der Waals surface area contributed by atoms with Gasteiger partial charge in [0.25, 0.3) is 5.92 Å². The van der Waals surface area contributed by atoms with Crippen LogP contribution in [0.3, 0.4) is 0 Å². The van der Waals surface area contributed by atoms with E-state index in [2.05, 4.69) is 0 Å². The molecule has 90 valence electrons. The zero-order valence-corrected chi connectivity index (χ0v) is 10.4. The number of hydrogen-bond donors (Lipinski definition) is 0. The van der Waals surface area contributed by atoms with Crippen molar-refractivity contribution in [3.8, 4) is 5.75 Å². The highest BCUT2D eigenvalue weighted by Crippen LogP contribution is 2.34. The van der Waals surface area contributed by atoms with Gasteiger partial charge in [-0.05, 0) is 29.2 Å². The molecule has 0 heterocycles. The summed E-state index contributed by atoms with van der Waals surface area (Å²) in [6.45, 7) is 6.85. The minimum absolute atomic E-state index is 0.00299. The molecule has 0 amide bonds. The summed E-state index contributed by atoms with van der Waals surface area (Å²) in [7, 11) is 1.49. The largest absolute Gasteiger partial charge is 0.497 e. The van der Waals surface area contributed by atoms with Gasteiger partial charge < -0.3 is 4.74 Å². The number of benzene rings is 1. The van der Waals surface area contributed by atoms with Gasteiger partial charge in [-0.1, -0.05) is 20.8 Å². The predicted octanol–water partition coefficient (Wildman–Crippen LogP) is 4.10. The zero-order chi connectivity index (χ0) is 12.6. The molecule has 0 saturated heterocycles. The van der Waals surface area contributed by atoms with E-state index in [9.17, 15) is 8.78 Å². The molecule has 0 N–H and O–H groups in total. The topological polar surface area (TPSA) is 9.23 Å². The molecule has 1 aromatic rings. The van der Waals surface area contributed by atoms with Gasteiger partial charge in [0, 0.05) is 12.5 Å². The minimum atomic E-state index is -2.84. The molecule has 0 atom stereocenters. The zero-order valence-electron chi connectivity index (χ0n) is 10.4. The summed E-state index contributed by atoms with van der Waals surface area (Å²) < 4.78 is 31.6. The molecule has 1 aromatic carbocycles. The highest BCUT2D eigenvalue weighted by molar-refractivity contribution is 5.39. The Labute approximate surface area is 95.4 Å². The second-order valence-corrected chi connectivity index (χ2v) is 5.09. The molecule has 0 aliphatic rings. The molecule has 0 radical (unpaired) electrons. The van der Waals surface area contributed by atoms with Gasteiger partial charge in [0.2, 0.25) is 0 Å². The fourth-order valence-corrected chi connectivity index (χ4v) is 1.40. The van der Waals surface area contributed by atoms with Crippen LogP contribution in [-0.4, -0.2) is 7.11 Å². The van der Waals surface area contributed by atoms with E-state index in [1.165, 1.54) is 13.2 Å². The Kier molecular flexibility index (Phi) is 3.27. The van der Waals surface area contributed by atoms with Crippen molar-refractivity contribution < 1.29 is 13.5 Å². The second-order valence-electron chi connectivity index (χ2n) is 5.09. The van der Waals surface area contributed by atoms with Gasteiger partial charge in [0.05, 0.1) is 7.11 Å². The molecule has 3 heteroatoms. The fourth-order valence-electron chi connectivity index (χ4n) is 1.40. The van der Waals surface area contributed by atoms with E-state index in [-0.39, 0.29) is 11.0 Å². The lowest BCUT2D eigenvalue weighted by Gasteiger charge is -2.22. The third-order valence-corrected chi connectivity index (χ3v) is 2.52. The maximum absolute atomic E-state index is 13.3. The Morgan fingerprint density at radius 2 is 1.44 bits per heavy atom. The number of halogens is 2. The van der Waals surface area contributed by atoms with Crippen LogP contribution in [0.4, 0.5) is 8.78 Å². The summed E-state index contributed by atoms with van der Waals surface area (Å²) in [5, 5.41) is 0. The van der Waals surface area contributed by atoms with Crippen LogP contribution in [0.5, 0.6) is 5.75 Å². The van der Waals surface area contributed by atoms with Crippen molar-refractivity contribution in [3.05, 3.63) is 29.3 Å². The van der Waals surface area contributed by atoms with Gasteiger partial charge >= 0.3 is 0 Å². The molecule has 0 saturated carbocycles. The summed E-state index contributed by atoms with van der Waals surface area (Å²) in [4.78, 5) is 0. The van der Waals surface area contributed by atoms with Gasteiger partial charge in [-0.3, -0.25) is 0 Å². The first-order chi connectivity index (χ1) is 7.14. The molecule has 16 heavy (non-hydrogen) atoms. The third-order valence-electron chi connectivity index (χ3n) is 2.52. The van der Waals surface area contributed by atoms with Crippen LogP contribution >= 0.6 is 0 Å². The average molecular weight is 228 g/mol. The number of hydrogen-bond acceptors (Lipinski definition) is 1. The van der Waals surface area contributed by atoms with E-state index < -0.39 is 5.92 Å². The summed E-state index contributed by atoms with van der Waals surface area (Å²) in [6.07, 6.45) is 0. The minimum Gasteiger partial charge on any atom is -0.497 e. The van der Waals surface area contributed by atoms with Crippen LogP contribution in [0.2, 0.25) is 0 Å². The van der Waals surface area contributed by atoms with Crippen molar-refractivity contribution in [2.75, 3.05) is 7.11 Å². The lowest BCUT2D eigenvalue weighted by atomic mass is 9.85. The maximum atomic E-state index is 13.3. The number of methoxy groups -OCH3 is 1. The molecular weight excluding hydrogens is 210 g/mol. The van der Waals surface area contributed by atoms with Crippen LogP contribution in [0.15, 0.2) is 18.2 Å².